The highest BCUT2D eigenvalue weighted by molar-refractivity contribution is 6.05. The van der Waals surface area contributed by atoms with Crippen LogP contribution in [-0.4, -0.2) is 36.9 Å². The topological polar surface area (TPSA) is 96.9 Å². The fourth-order valence-corrected chi connectivity index (χ4v) is 2.49. The van der Waals surface area contributed by atoms with Gasteiger partial charge in [0.15, 0.2) is 11.5 Å². The third kappa shape index (κ3) is 4.86. The van der Waals surface area contributed by atoms with Crippen LogP contribution in [-0.2, 0) is 4.79 Å². The zero-order chi connectivity index (χ0) is 19.1. The van der Waals surface area contributed by atoms with Gasteiger partial charge in [-0.15, -0.1) is 0 Å². The minimum atomic E-state index is -0.439. The van der Waals surface area contributed by atoms with Crippen molar-refractivity contribution in [2.75, 3.05) is 19.9 Å². The summed E-state index contributed by atoms with van der Waals surface area (Å²) in [7, 11) is 0. The van der Waals surface area contributed by atoms with Crippen LogP contribution in [0.3, 0.4) is 0 Å². The van der Waals surface area contributed by atoms with Gasteiger partial charge in [0.2, 0.25) is 6.79 Å². The van der Waals surface area contributed by atoms with E-state index < -0.39 is 5.91 Å². The number of aliphatic hydroxyl groups excluding tert-OH is 1. The van der Waals surface area contributed by atoms with E-state index in [4.69, 9.17) is 14.6 Å². The number of fused-ring (bicyclic) bond motifs is 1. The predicted molar refractivity (Wildman–Crippen MR) is 99.2 cm³/mol. The van der Waals surface area contributed by atoms with Crippen molar-refractivity contribution in [1.82, 2.24) is 10.6 Å². The van der Waals surface area contributed by atoms with E-state index >= 15 is 0 Å². The molecule has 1 aliphatic heterocycles. The van der Waals surface area contributed by atoms with Crippen molar-refractivity contribution in [2.24, 2.45) is 0 Å². The number of carbonyl (C=O) groups is 2. The lowest BCUT2D eigenvalue weighted by Gasteiger charge is -2.11. The Morgan fingerprint density at radius 1 is 1.07 bits per heavy atom. The summed E-state index contributed by atoms with van der Waals surface area (Å²) in [5.41, 5.74) is 1.22. The lowest BCUT2D eigenvalue weighted by Crippen LogP contribution is -2.35. The van der Waals surface area contributed by atoms with Gasteiger partial charge in [-0.05, 0) is 42.3 Å². The van der Waals surface area contributed by atoms with E-state index in [0.717, 1.165) is 0 Å². The molecule has 0 bridgehead atoms. The average molecular weight is 368 g/mol. The summed E-state index contributed by atoms with van der Waals surface area (Å²) in [6, 6.07) is 13.9. The van der Waals surface area contributed by atoms with Crippen LogP contribution < -0.4 is 20.1 Å². The summed E-state index contributed by atoms with van der Waals surface area (Å²) in [4.78, 5) is 24.9. The summed E-state index contributed by atoms with van der Waals surface area (Å²) >= 11 is 0. The first kappa shape index (κ1) is 18.5. The van der Waals surface area contributed by atoms with Gasteiger partial charge < -0.3 is 25.2 Å². The van der Waals surface area contributed by atoms with Crippen molar-refractivity contribution in [1.29, 1.82) is 0 Å². The SMILES string of the molecule is O=C(NCCCO)/C(=C\c1ccc2c(c1)OCO2)NC(=O)c1ccccc1. The Morgan fingerprint density at radius 3 is 2.63 bits per heavy atom. The van der Waals surface area contributed by atoms with E-state index in [9.17, 15) is 9.59 Å². The zero-order valence-corrected chi connectivity index (χ0v) is 14.6. The summed E-state index contributed by atoms with van der Waals surface area (Å²) in [5.74, 6) is 0.387. The molecule has 1 aliphatic rings. The molecule has 0 aromatic heterocycles. The highest BCUT2D eigenvalue weighted by Crippen LogP contribution is 2.33. The number of amides is 2. The van der Waals surface area contributed by atoms with Gasteiger partial charge in [-0.25, -0.2) is 0 Å². The van der Waals surface area contributed by atoms with E-state index in [0.29, 0.717) is 35.6 Å². The summed E-state index contributed by atoms with van der Waals surface area (Å²) in [5, 5.41) is 14.2. The van der Waals surface area contributed by atoms with Crippen molar-refractivity contribution >= 4 is 17.9 Å². The maximum atomic E-state index is 12.5. The molecule has 7 nitrogen and oxygen atoms in total. The molecule has 0 spiro atoms. The highest BCUT2D eigenvalue weighted by Gasteiger charge is 2.16. The number of aliphatic hydroxyl groups is 1. The number of ether oxygens (including phenoxy) is 2. The summed E-state index contributed by atoms with van der Waals surface area (Å²) < 4.78 is 10.6. The molecule has 0 saturated heterocycles. The van der Waals surface area contributed by atoms with Crippen LogP contribution in [0.15, 0.2) is 54.2 Å². The second-order valence-corrected chi connectivity index (χ2v) is 5.82. The van der Waals surface area contributed by atoms with E-state index in [-0.39, 0.29) is 25.0 Å². The second-order valence-electron chi connectivity index (χ2n) is 5.82. The Labute approximate surface area is 156 Å². The lowest BCUT2D eigenvalue weighted by atomic mass is 10.1. The van der Waals surface area contributed by atoms with Crippen molar-refractivity contribution in [3.63, 3.8) is 0 Å². The molecule has 3 rings (SSSR count). The van der Waals surface area contributed by atoms with Gasteiger partial charge in [-0.3, -0.25) is 9.59 Å². The van der Waals surface area contributed by atoms with E-state index in [2.05, 4.69) is 10.6 Å². The van der Waals surface area contributed by atoms with Gasteiger partial charge >= 0.3 is 0 Å². The Morgan fingerprint density at radius 2 is 1.85 bits per heavy atom. The Kier molecular flexibility index (Phi) is 6.06. The first-order chi connectivity index (χ1) is 13.2. The van der Waals surface area contributed by atoms with Crippen molar-refractivity contribution in [2.45, 2.75) is 6.42 Å². The second kappa shape index (κ2) is 8.86. The third-order valence-corrected chi connectivity index (χ3v) is 3.86. The number of carbonyl (C=O) groups excluding carboxylic acids is 2. The smallest absolute Gasteiger partial charge is 0.267 e. The third-order valence-electron chi connectivity index (χ3n) is 3.86. The molecular formula is C20H20N2O5. The molecule has 0 atom stereocenters. The van der Waals surface area contributed by atoms with Crippen LogP contribution in [0.2, 0.25) is 0 Å². The van der Waals surface area contributed by atoms with Gasteiger partial charge in [0, 0.05) is 18.7 Å². The molecule has 0 unspecified atom stereocenters. The highest BCUT2D eigenvalue weighted by atomic mass is 16.7. The van der Waals surface area contributed by atoms with Crippen LogP contribution >= 0.6 is 0 Å². The Hall–Kier alpha value is -3.32. The fraction of sp³-hybridized carbons (Fsp3) is 0.200. The van der Waals surface area contributed by atoms with Gasteiger partial charge in [0.05, 0.1) is 0 Å². The Bertz CT molecular complexity index is 849. The molecule has 7 heteroatoms. The molecule has 1 heterocycles. The fourth-order valence-electron chi connectivity index (χ4n) is 2.49. The number of hydrogen-bond donors (Lipinski definition) is 3. The Balaban J connectivity index is 1.82. The lowest BCUT2D eigenvalue weighted by molar-refractivity contribution is -0.117. The molecule has 3 N–H and O–H groups in total. The quantitative estimate of drug-likeness (QED) is 0.510. The molecule has 2 aromatic rings. The van der Waals surface area contributed by atoms with Gasteiger partial charge in [-0.2, -0.15) is 0 Å². The van der Waals surface area contributed by atoms with Crippen LogP contribution in [0.1, 0.15) is 22.3 Å². The number of nitrogens with one attached hydrogen (secondary N) is 2. The molecule has 2 amide bonds. The molecule has 0 aliphatic carbocycles. The predicted octanol–water partition coefficient (Wildman–Crippen LogP) is 1.68. The largest absolute Gasteiger partial charge is 0.454 e. The van der Waals surface area contributed by atoms with Crippen molar-refractivity contribution in [3.05, 3.63) is 65.4 Å². The normalized spacial score (nSPS) is 12.6. The first-order valence-corrected chi connectivity index (χ1v) is 8.54. The number of rotatable bonds is 7. The molecule has 27 heavy (non-hydrogen) atoms. The zero-order valence-electron chi connectivity index (χ0n) is 14.6. The monoisotopic (exact) mass is 368 g/mol. The van der Waals surface area contributed by atoms with Crippen LogP contribution in [0.5, 0.6) is 11.5 Å². The van der Waals surface area contributed by atoms with Crippen LogP contribution in [0.4, 0.5) is 0 Å². The standard InChI is InChI=1S/C20H20N2O5/c23-10-4-9-21-20(25)16(22-19(24)15-5-2-1-3-6-15)11-14-7-8-17-18(12-14)27-13-26-17/h1-3,5-8,11-12,23H,4,9-10,13H2,(H,21,25)(H,22,24)/b16-11+. The van der Waals surface area contributed by atoms with Crippen molar-refractivity contribution < 1.29 is 24.2 Å². The molecule has 0 fully saturated rings. The minimum absolute atomic E-state index is 0.0299. The van der Waals surface area contributed by atoms with E-state index in [1.807, 2.05) is 6.07 Å². The first-order valence-electron chi connectivity index (χ1n) is 8.54. The minimum Gasteiger partial charge on any atom is -0.454 e. The van der Waals surface area contributed by atoms with E-state index in [1.54, 1.807) is 48.5 Å². The maximum Gasteiger partial charge on any atom is 0.267 e. The van der Waals surface area contributed by atoms with Gasteiger partial charge in [0.1, 0.15) is 5.70 Å². The van der Waals surface area contributed by atoms with Crippen LogP contribution in [0.25, 0.3) is 6.08 Å². The number of benzene rings is 2. The van der Waals surface area contributed by atoms with Crippen molar-refractivity contribution in [3.8, 4) is 11.5 Å². The summed E-state index contributed by atoms with van der Waals surface area (Å²) in [6.45, 7) is 0.425. The van der Waals surface area contributed by atoms with Crippen LogP contribution in [0, 0.1) is 0 Å². The van der Waals surface area contributed by atoms with Gasteiger partial charge in [0.25, 0.3) is 11.8 Å². The molecule has 0 radical (unpaired) electrons. The van der Waals surface area contributed by atoms with Gasteiger partial charge in [-0.1, -0.05) is 24.3 Å². The number of hydrogen-bond acceptors (Lipinski definition) is 5. The van der Waals surface area contributed by atoms with E-state index in [1.165, 1.54) is 0 Å². The molecular weight excluding hydrogens is 348 g/mol. The molecule has 2 aromatic carbocycles. The molecule has 0 saturated carbocycles. The average Bonchev–Trinajstić information content (AvgIpc) is 3.16. The molecule has 140 valence electrons. The maximum absolute atomic E-state index is 12.5. The summed E-state index contributed by atoms with van der Waals surface area (Å²) in [6.07, 6.45) is 1.99.